The molecule has 9 atom stereocenters. The van der Waals surface area contributed by atoms with E-state index in [4.69, 9.17) is 26.2 Å². The minimum Gasteiger partial charge on any atom is -0.479 e. The number of carbonyl (C=O) groups is 3. The molecule has 44 heavy (non-hydrogen) atoms. The predicted octanol–water partition coefficient (Wildman–Crippen LogP) is 2.60. The molecule has 0 bridgehead atoms. The van der Waals surface area contributed by atoms with Gasteiger partial charge in [-0.1, -0.05) is 62.2 Å². The van der Waals surface area contributed by atoms with Crippen LogP contribution in [0.3, 0.4) is 0 Å². The molecule has 0 spiro atoms. The van der Waals surface area contributed by atoms with Crippen molar-refractivity contribution in [3.05, 3.63) is 46.3 Å². The number of ketones is 1. The van der Waals surface area contributed by atoms with Crippen molar-refractivity contribution in [2.75, 3.05) is 0 Å². The SMILES string of the molecule is CC1(C)C(=O)[C@H](CCCCC(=O)OC2O[C@H](C(=O)O)[C@@H](O)[C@H](O)[C@H]2O)[C@@H](/C=C/C(O)CCc2sc3ccccc3c2Cl)[C@@H]1O. The summed E-state index contributed by atoms with van der Waals surface area (Å²) >= 11 is 8.11. The van der Waals surface area contributed by atoms with E-state index in [0.29, 0.717) is 30.7 Å². The van der Waals surface area contributed by atoms with E-state index >= 15 is 0 Å². The molecule has 11 nitrogen and oxygen atoms in total. The third-order valence-corrected chi connectivity index (χ3v) is 10.3. The first-order valence-electron chi connectivity index (χ1n) is 14.6. The minimum atomic E-state index is -1.90. The molecule has 1 saturated heterocycles. The van der Waals surface area contributed by atoms with Crippen molar-refractivity contribution in [1.82, 2.24) is 0 Å². The van der Waals surface area contributed by atoms with Crippen LogP contribution in [0.2, 0.25) is 5.02 Å². The summed E-state index contributed by atoms with van der Waals surface area (Å²) in [6.07, 6.45) is -5.83. The zero-order valence-corrected chi connectivity index (χ0v) is 26.0. The second-order valence-electron chi connectivity index (χ2n) is 12.0. The second kappa shape index (κ2) is 14.3. The van der Waals surface area contributed by atoms with Gasteiger partial charge in [-0.05, 0) is 31.7 Å². The van der Waals surface area contributed by atoms with Crippen LogP contribution in [0.5, 0.6) is 0 Å². The van der Waals surface area contributed by atoms with Gasteiger partial charge >= 0.3 is 11.9 Å². The lowest BCUT2D eigenvalue weighted by Crippen LogP contribution is -2.60. The van der Waals surface area contributed by atoms with E-state index in [1.165, 1.54) is 0 Å². The van der Waals surface area contributed by atoms with E-state index in [0.717, 1.165) is 15.0 Å². The molecule has 0 amide bonds. The third kappa shape index (κ3) is 7.34. The van der Waals surface area contributed by atoms with E-state index in [9.17, 15) is 39.9 Å². The number of carboxylic acids is 1. The number of aryl methyl sites for hydroxylation is 1. The molecule has 1 aromatic carbocycles. The fourth-order valence-corrected chi connectivity index (χ4v) is 7.43. The van der Waals surface area contributed by atoms with Gasteiger partial charge in [0.15, 0.2) is 6.10 Å². The number of esters is 1. The number of carbonyl (C=O) groups excluding carboxylic acids is 2. The van der Waals surface area contributed by atoms with Gasteiger partial charge in [0.05, 0.1) is 22.6 Å². The molecule has 2 unspecified atom stereocenters. The lowest BCUT2D eigenvalue weighted by Gasteiger charge is -2.37. The maximum Gasteiger partial charge on any atom is 0.335 e. The zero-order chi connectivity index (χ0) is 32.3. The quantitative estimate of drug-likeness (QED) is 0.112. The number of rotatable bonds is 12. The Hall–Kier alpha value is -2.42. The van der Waals surface area contributed by atoms with Crippen LogP contribution in [0.25, 0.3) is 10.1 Å². The van der Waals surface area contributed by atoms with Gasteiger partial charge in [0, 0.05) is 33.2 Å². The number of hydrogen-bond donors (Lipinski definition) is 6. The Morgan fingerprint density at radius 1 is 1.11 bits per heavy atom. The predicted molar refractivity (Wildman–Crippen MR) is 161 cm³/mol. The number of hydrogen-bond acceptors (Lipinski definition) is 11. The topological polar surface area (TPSA) is 191 Å². The first-order valence-corrected chi connectivity index (χ1v) is 15.8. The third-order valence-electron chi connectivity index (χ3n) is 8.57. The zero-order valence-electron chi connectivity index (χ0n) is 24.4. The normalized spacial score (nSPS) is 31.0. The summed E-state index contributed by atoms with van der Waals surface area (Å²) in [7, 11) is 0. The smallest absolute Gasteiger partial charge is 0.335 e. The van der Waals surface area contributed by atoms with Crippen LogP contribution >= 0.6 is 22.9 Å². The molecule has 4 rings (SSSR count). The number of aliphatic carboxylic acids is 1. The first-order chi connectivity index (χ1) is 20.7. The fourth-order valence-electron chi connectivity index (χ4n) is 5.89. The average molecular weight is 655 g/mol. The number of benzene rings is 1. The maximum absolute atomic E-state index is 13.2. The summed E-state index contributed by atoms with van der Waals surface area (Å²) in [5, 5.41) is 62.1. The largest absolute Gasteiger partial charge is 0.479 e. The summed E-state index contributed by atoms with van der Waals surface area (Å²) < 4.78 is 11.1. The molecule has 6 N–H and O–H groups in total. The molecule has 2 aliphatic rings. The van der Waals surface area contributed by atoms with E-state index < -0.39 is 72.1 Å². The van der Waals surface area contributed by atoms with Crippen molar-refractivity contribution in [3.63, 3.8) is 0 Å². The highest BCUT2D eigenvalue weighted by Gasteiger charge is 2.53. The van der Waals surface area contributed by atoms with Crippen LogP contribution < -0.4 is 0 Å². The number of carboxylic acid groups (broad SMARTS) is 1. The van der Waals surface area contributed by atoms with Crippen LogP contribution in [-0.2, 0) is 30.3 Å². The van der Waals surface area contributed by atoms with Crippen molar-refractivity contribution < 1.29 is 54.5 Å². The van der Waals surface area contributed by atoms with Crippen molar-refractivity contribution in [2.24, 2.45) is 17.3 Å². The molecule has 2 aromatic rings. The Balaban J connectivity index is 1.29. The van der Waals surface area contributed by atoms with Gasteiger partial charge in [-0.15, -0.1) is 11.3 Å². The fraction of sp³-hybridized carbons (Fsp3) is 0.581. The first kappa shape index (κ1) is 34.5. The standard InChI is InChI=1S/C31H39ClO11S/c1-31(2)27(38)16(7-4-6-10-21(34)42-30-25(37)23(35)24(36)26(43-30)29(40)41)17(28(31)39)13-11-15(33)12-14-20-22(32)18-8-3-5-9-19(18)44-20/h3,5,8-9,11,13,15-17,23-26,28,30,33,35-37,39H,4,6-7,10,12,14H2,1-2H3,(H,40,41)/b13-11+/t15?,16-,17-,23+,24+,25-,26+,28+,30?/m1/s1. The molecule has 1 saturated carbocycles. The Morgan fingerprint density at radius 3 is 2.50 bits per heavy atom. The average Bonchev–Trinajstić information content (AvgIpc) is 3.38. The number of Topliss-reactive ketones (excluding diaryl/α,β-unsaturated/α-hetero) is 1. The molecule has 1 aromatic heterocycles. The van der Waals surface area contributed by atoms with Gasteiger partial charge < -0.3 is 40.1 Å². The van der Waals surface area contributed by atoms with Gasteiger partial charge in [0.2, 0.25) is 6.29 Å². The molecule has 0 radical (unpaired) electrons. The van der Waals surface area contributed by atoms with Crippen molar-refractivity contribution in [2.45, 2.75) is 95.3 Å². The van der Waals surface area contributed by atoms with E-state index in [-0.39, 0.29) is 18.6 Å². The number of aliphatic hydroxyl groups is 5. The monoisotopic (exact) mass is 654 g/mol. The molecule has 2 fully saturated rings. The van der Waals surface area contributed by atoms with Crippen LogP contribution in [0.15, 0.2) is 36.4 Å². The molecule has 1 aliphatic heterocycles. The lowest BCUT2D eigenvalue weighted by atomic mass is 9.86. The molecule has 242 valence electrons. The molecular formula is C31H39ClO11S. The Labute approximate surface area is 263 Å². The highest BCUT2D eigenvalue weighted by atomic mass is 35.5. The summed E-state index contributed by atoms with van der Waals surface area (Å²) in [6.45, 7) is 3.37. The second-order valence-corrected chi connectivity index (χ2v) is 13.5. The lowest BCUT2D eigenvalue weighted by molar-refractivity contribution is -0.286. The van der Waals surface area contributed by atoms with Gasteiger partial charge in [0.25, 0.3) is 0 Å². The Kier molecular flexibility index (Phi) is 11.2. The van der Waals surface area contributed by atoms with Gasteiger partial charge in [-0.2, -0.15) is 0 Å². The van der Waals surface area contributed by atoms with Crippen molar-refractivity contribution >= 4 is 50.7 Å². The highest BCUT2D eigenvalue weighted by Crippen LogP contribution is 2.45. The van der Waals surface area contributed by atoms with Gasteiger partial charge in [-0.3, -0.25) is 9.59 Å². The van der Waals surface area contributed by atoms with Crippen molar-refractivity contribution in [3.8, 4) is 0 Å². The van der Waals surface area contributed by atoms with E-state index in [1.54, 1.807) is 37.3 Å². The van der Waals surface area contributed by atoms with Crippen LogP contribution in [-0.4, -0.2) is 91.3 Å². The molecule has 1 aliphatic carbocycles. The molecule has 13 heteroatoms. The number of thiophene rings is 1. The minimum absolute atomic E-state index is 0.111. The maximum atomic E-state index is 13.2. The van der Waals surface area contributed by atoms with E-state index in [1.807, 2.05) is 24.3 Å². The Bertz CT molecular complexity index is 1370. The van der Waals surface area contributed by atoms with Gasteiger partial charge in [0.1, 0.15) is 24.1 Å². The highest BCUT2D eigenvalue weighted by molar-refractivity contribution is 7.19. The Morgan fingerprint density at radius 2 is 1.82 bits per heavy atom. The summed E-state index contributed by atoms with van der Waals surface area (Å²) in [4.78, 5) is 37.8. The number of unbranched alkanes of at least 4 members (excludes halogenated alkanes) is 1. The van der Waals surface area contributed by atoms with Crippen molar-refractivity contribution in [1.29, 1.82) is 0 Å². The summed E-state index contributed by atoms with van der Waals surface area (Å²) in [5.74, 6) is -3.59. The van der Waals surface area contributed by atoms with Crippen LogP contribution in [0.1, 0.15) is 50.8 Å². The summed E-state index contributed by atoms with van der Waals surface area (Å²) in [6, 6.07) is 7.83. The molecular weight excluding hydrogens is 616 g/mol. The molecule has 2 heterocycles. The van der Waals surface area contributed by atoms with Crippen LogP contribution in [0, 0.1) is 17.3 Å². The number of fused-ring (bicyclic) bond motifs is 1. The van der Waals surface area contributed by atoms with E-state index in [2.05, 4.69) is 0 Å². The van der Waals surface area contributed by atoms with Gasteiger partial charge in [-0.25, -0.2) is 4.79 Å². The summed E-state index contributed by atoms with van der Waals surface area (Å²) in [5.41, 5.74) is -0.991. The van der Waals surface area contributed by atoms with Crippen LogP contribution in [0.4, 0.5) is 0 Å². The number of halogens is 1. The number of aliphatic hydroxyl groups excluding tert-OH is 5. The number of ether oxygens (including phenoxy) is 2.